The third kappa shape index (κ3) is 18.5. The molecule has 2 heteroatoms. The summed E-state index contributed by atoms with van der Waals surface area (Å²) in [5.41, 5.74) is 0. The predicted octanol–water partition coefficient (Wildman–Crippen LogP) is 3.57. The van der Waals surface area contributed by atoms with E-state index in [0.717, 1.165) is 0 Å². The van der Waals surface area contributed by atoms with Crippen LogP contribution in [0.15, 0.2) is 0 Å². The van der Waals surface area contributed by atoms with Crippen molar-refractivity contribution in [2.45, 2.75) is 104 Å². The summed E-state index contributed by atoms with van der Waals surface area (Å²) in [6, 6.07) is 0. The van der Waals surface area contributed by atoms with Gasteiger partial charge in [-0.2, -0.15) is 0 Å². The highest BCUT2D eigenvalue weighted by atomic mass is 79.9. The highest BCUT2D eigenvalue weighted by molar-refractivity contribution is 4.48. The van der Waals surface area contributed by atoms with Gasteiger partial charge in [-0.25, -0.2) is 0 Å². The molecule has 0 N–H and O–H groups in total. The molecule has 0 aliphatic rings. The molecule has 0 amide bonds. The van der Waals surface area contributed by atoms with Crippen molar-refractivity contribution in [2.24, 2.45) is 0 Å². The summed E-state index contributed by atoms with van der Waals surface area (Å²) in [6.45, 7) is 7.32. The molecule has 0 rings (SSSR count). The Morgan fingerprint density at radius 3 is 1.18 bits per heavy atom. The van der Waals surface area contributed by atoms with Gasteiger partial charge < -0.3 is 21.5 Å². The van der Waals surface area contributed by atoms with Crippen LogP contribution in [-0.4, -0.2) is 31.7 Å². The fraction of sp³-hybridized carbons (Fsp3) is 1.00. The zero-order valence-corrected chi connectivity index (χ0v) is 17.7. The van der Waals surface area contributed by atoms with Crippen LogP contribution in [-0.2, 0) is 0 Å². The Bertz CT molecular complexity index is 204. The smallest absolute Gasteiger partial charge is 0.0782 e. The average molecular weight is 378 g/mol. The minimum Gasteiger partial charge on any atom is -1.00 e. The van der Waals surface area contributed by atoms with E-state index < -0.39 is 0 Å². The SMILES string of the molecule is CCCCCCCCCCCCCC[N+](C)(C)CCCC.[Br-]. The third-order valence-electron chi connectivity index (χ3n) is 4.73. The molecule has 0 aromatic rings. The van der Waals surface area contributed by atoms with Crippen molar-refractivity contribution in [2.75, 3.05) is 27.2 Å². The maximum absolute atomic E-state index is 2.40. The maximum Gasteiger partial charge on any atom is 0.0782 e. The van der Waals surface area contributed by atoms with Gasteiger partial charge in [0, 0.05) is 0 Å². The summed E-state index contributed by atoms with van der Waals surface area (Å²) in [6.07, 6.45) is 20.2. The van der Waals surface area contributed by atoms with Crippen LogP contribution in [0.2, 0.25) is 0 Å². The van der Waals surface area contributed by atoms with Crippen LogP contribution in [0, 0.1) is 0 Å². The number of hydrogen-bond acceptors (Lipinski definition) is 0. The molecule has 0 aromatic carbocycles. The van der Waals surface area contributed by atoms with Gasteiger partial charge in [-0.3, -0.25) is 0 Å². The number of unbranched alkanes of at least 4 members (excludes halogenated alkanes) is 12. The first-order valence-corrected chi connectivity index (χ1v) is 9.94. The Labute approximate surface area is 152 Å². The number of quaternary nitrogens is 1. The van der Waals surface area contributed by atoms with Gasteiger partial charge in [0.25, 0.3) is 0 Å². The molecule has 0 spiro atoms. The van der Waals surface area contributed by atoms with Gasteiger partial charge in [-0.05, 0) is 19.3 Å². The Morgan fingerprint density at radius 2 is 0.773 bits per heavy atom. The monoisotopic (exact) mass is 377 g/mol. The minimum atomic E-state index is 0. The topological polar surface area (TPSA) is 0 Å². The normalized spacial score (nSPS) is 11.5. The second kappa shape index (κ2) is 17.8. The van der Waals surface area contributed by atoms with E-state index in [9.17, 15) is 0 Å². The fourth-order valence-electron chi connectivity index (χ4n) is 3.08. The van der Waals surface area contributed by atoms with E-state index in [1.165, 1.54) is 107 Å². The molecular formula is C20H44BrN. The van der Waals surface area contributed by atoms with Gasteiger partial charge >= 0.3 is 0 Å². The van der Waals surface area contributed by atoms with Gasteiger partial charge in [0.2, 0.25) is 0 Å². The van der Waals surface area contributed by atoms with Crippen molar-refractivity contribution in [3.8, 4) is 0 Å². The van der Waals surface area contributed by atoms with Crippen LogP contribution in [0.25, 0.3) is 0 Å². The van der Waals surface area contributed by atoms with Crippen LogP contribution in [0.1, 0.15) is 104 Å². The fourth-order valence-corrected chi connectivity index (χ4v) is 3.08. The maximum atomic E-state index is 2.40. The summed E-state index contributed by atoms with van der Waals surface area (Å²) in [4.78, 5) is 0. The standard InChI is InChI=1S/C20H44N.BrH/c1-5-7-9-10-11-12-13-14-15-16-17-18-20-21(3,4)19-8-6-2;/h5-20H2,1-4H3;1H/q+1;/p-1. The molecule has 0 radical (unpaired) electrons. The first-order valence-electron chi connectivity index (χ1n) is 9.94. The molecule has 0 aromatic heterocycles. The van der Waals surface area contributed by atoms with Crippen LogP contribution >= 0.6 is 0 Å². The van der Waals surface area contributed by atoms with Crippen molar-refractivity contribution in [3.63, 3.8) is 0 Å². The minimum absolute atomic E-state index is 0. The summed E-state index contributed by atoms with van der Waals surface area (Å²) in [5, 5.41) is 0. The first kappa shape index (κ1) is 24.7. The second-order valence-corrected chi connectivity index (χ2v) is 7.63. The lowest BCUT2D eigenvalue weighted by molar-refractivity contribution is -0.890. The highest BCUT2D eigenvalue weighted by Crippen LogP contribution is 2.13. The van der Waals surface area contributed by atoms with Crippen molar-refractivity contribution in [1.29, 1.82) is 0 Å². The lowest BCUT2D eigenvalue weighted by atomic mass is 10.1. The molecule has 0 bridgehead atoms. The van der Waals surface area contributed by atoms with E-state index in [1.54, 1.807) is 0 Å². The second-order valence-electron chi connectivity index (χ2n) is 7.63. The van der Waals surface area contributed by atoms with Gasteiger partial charge in [0.05, 0.1) is 27.2 Å². The van der Waals surface area contributed by atoms with Gasteiger partial charge in [-0.15, -0.1) is 0 Å². The van der Waals surface area contributed by atoms with E-state index in [4.69, 9.17) is 0 Å². The van der Waals surface area contributed by atoms with E-state index in [-0.39, 0.29) is 17.0 Å². The molecule has 0 atom stereocenters. The lowest BCUT2D eigenvalue weighted by Crippen LogP contribution is -3.00. The van der Waals surface area contributed by atoms with Gasteiger partial charge in [0.15, 0.2) is 0 Å². The Morgan fingerprint density at radius 1 is 0.455 bits per heavy atom. The number of rotatable bonds is 16. The molecule has 136 valence electrons. The van der Waals surface area contributed by atoms with Crippen molar-refractivity contribution in [3.05, 3.63) is 0 Å². The van der Waals surface area contributed by atoms with E-state index in [2.05, 4.69) is 27.9 Å². The molecule has 22 heavy (non-hydrogen) atoms. The predicted molar refractivity (Wildman–Crippen MR) is 97.8 cm³/mol. The molecule has 0 aliphatic heterocycles. The highest BCUT2D eigenvalue weighted by Gasteiger charge is 2.12. The van der Waals surface area contributed by atoms with Crippen LogP contribution < -0.4 is 17.0 Å². The Hall–Kier alpha value is 0.440. The van der Waals surface area contributed by atoms with Crippen molar-refractivity contribution in [1.82, 2.24) is 0 Å². The zero-order valence-electron chi connectivity index (χ0n) is 16.1. The van der Waals surface area contributed by atoms with Crippen LogP contribution in [0.3, 0.4) is 0 Å². The van der Waals surface area contributed by atoms with E-state index in [0.29, 0.717) is 0 Å². The third-order valence-corrected chi connectivity index (χ3v) is 4.73. The Kier molecular flexibility index (Phi) is 20.0. The molecule has 0 unspecified atom stereocenters. The summed E-state index contributed by atoms with van der Waals surface area (Å²) in [7, 11) is 4.79. The average Bonchev–Trinajstić information content (AvgIpc) is 2.46. The molecule has 1 nitrogen and oxygen atoms in total. The molecule has 0 heterocycles. The zero-order chi connectivity index (χ0) is 15.8. The number of halogens is 1. The Balaban J connectivity index is 0. The van der Waals surface area contributed by atoms with E-state index in [1.807, 2.05) is 0 Å². The molecule has 0 saturated heterocycles. The van der Waals surface area contributed by atoms with Crippen molar-refractivity contribution >= 4 is 0 Å². The summed E-state index contributed by atoms with van der Waals surface area (Å²) < 4.78 is 1.23. The summed E-state index contributed by atoms with van der Waals surface area (Å²) >= 11 is 0. The molecule has 0 saturated carbocycles. The van der Waals surface area contributed by atoms with Crippen molar-refractivity contribution < 1.29 is 21.5 Å². The largest absolute Gasteiger partial charge is 1.00 e. The quantitative estimate of drug-likeness (QED) is 0.285. The number of nitrogens with zero attached hydrogens (tertiary/aromatic N) is 1. The number of hydrogen-bond donors (Lipinski definition) is 0. The molecular weight excluding hydrogens is 334 g/mol. The van der Waals surface area contributed by atoms with Gasteiger partial charge in [0.1, 0.15) is 0 Å². The van der Waals surface area contributed by atoms with Crippen LogP contribution in [0.5, 0.6) is 0 Å². The molecule has 0 fully saturated rings. The van der Waals surface area contributed by atoms with Crippen LogP contribution in [0.4, 0.5) is 0 Å². The summed E-state index contributed by atoms with van der Waals surface area (Å²) in [5.74, 6) is 0. The first-order chi connectivity index (χ1) is 10.1. The van der Waals surface area contributed by atoms with E-state index >= 15 is 0 Å². The van der Waals surface area contributed by atoms with Gasteiger partial charge in [-0.1, -0.05) is 84.5 Å². The lowest BCUT2D eigenvalue weighted by Gasteiger charge is -2.29. The molecule has 0 aliphatic carbocycles.